The standard InChI is InChI=1S/C19H23ClN2O4.H2O/c20-13-7-5-11(6-8-13)18(24)22-16(19(25)26)9-12-10-17(23)21-15-4-2-1-3-14(12)15;/h5-8,12,14-16H,1-4,9-10H2,(H,21,23)(H,22,24)(H,25,26);1H2. The second kappa shape index (κ2) is 9.19. The van der Waals surface area contributed by atoms with Crippen molar-refractivity contribution in [2.45, 2.75) is 50.6 Å². The van der Waals surface area contributed by atoms with Crippen LogP contribution in [0.4, 0.5) is 0 Å². The molecule has 2 amide bonds. The molecule has 1 aliphatic heterocycles. The smallest absolute Gasteiger partial charge is 0.326 e. The summed E-state index contributed by atoms with van der Waals surface area (Å²) >= 11 is 5.82. The van der Waals surface area contributed by atoms with Crippen LogP contribution in [0.15, 0.2) is 24.3 Å². The third-order valence-corrected chi connectivity index (χ3v) is 5.72. The van der Waals surface area contributed by atoms with Gasteiger partial charge in [-0.1, -0.05) is 24.4 Å². The van der Waals surface area contributed by atoms with Crippen molar-refractivity contribution in [3.8, 4) is 0 Å². The highest BCUT2D eigenvalue weighted by Crippen LogP contribution is 2.37. The first kappa shape index (κ1) is 21.2. The van der Waals surface area contributed by atoms with Crippen LogP contribution in [0.5, 0.6) is 0 Å². The van der Waals surface area contributed by atoms with Crippen LogP contribution in [0, 0.1) is 11.8 Å². The van der Waals surface area contributed by atoms with Crippen molar-refractivity contribution in [3.05, 3.63) is 34.9 Å². The van der Waals surface area contributed by atoms with Crippen LogP contribution in [-0.2, 0) is 9.59 Å². The second-order valence-corrected chi connectivity index (χ2v) is 7.63. The van der Waals surface area contributed by atoms with Gasteiger partial charge in [0.25, 0.3) is 5.91 Å². The molecule has 5 N–H and O–H groups in total. The zero-order valence-corrected chi connectivity index (χ0v) is 15.7. The van der Waals surface area contributed by atoms with Crippen molar-refractivity contribution >= 4 is 29.4 Å². The molecular formula is C19H25ClN2O5. The number of amides is 2. The van der Waals surface area contributed by atoms with Gasteiger partial charge in [-0.05, 0) is 55.4 Å². The van der Waals surface area contributed by atoms with Gasteiger partial charge in [-0.25, -0.2) is 4.79 Å². The summed E-state index contributed by atoms with van der Waals surface area (Å²) in [5.41, 5.74) is 0.359. The molecule has 1 saturated heterocycles. The van der Waals surface area contributed by atoms with Gasteiger partial charge in [-0.2, -0.15) is 0 Å². The average Bonchev–Trinajstić information content (AvgIpc) is 2.61. The normalized spacial score (nSPS) is 25.4. The Morgan fingerprint density at radius 1 is 1.22 bits per heavy atom. The summed E-state index contributed by atoms with van der Waals surface area (Å²) in [4.78, 5) is 36.1. The van der Waals surface area contributed by atoms with Crippen molar-refractivity contribution in [1.29, 1.82) is 0 Å². The van der Waals surface area contributed by atoms with E-state index in [0.29, 0.717) is 17.0 Å². The van der Waals surface area contributed by atoms with Gasteiger partial charge < -0.3 is 21.2 Å². The van der Waals surface area contributed by atoms with Crippen LogP contribution >= 0.6 is 11.6 Å². The van der Waals surface area contributed by atoms with Gasteiger partial charge in [0, 0.05) is 23.0 Å². The van der Waals surface area contributed by atoms with Crippen molar-refractivity contribution in [2.75, 3.05) is 0 Å². The Hall–Kier alpha value is -2.12. The fraction of sp³-hybridized carbons (Fsp3) is 0.526. The van der Waals surface area contributed by atoms with Gasteiger partial charge >= 0.3 is 5.97 Å². The monoisotopic (exact) mass is 396 g/mol. The molecule has 8 heteroatoms. The maximum absolute atomic E-state index is 12.4. The zero-order valence-electron chi connectivity index (χ0n) is 14.9. The van der Waals surface area contributed by atoms with Gasteiger partial charge in [-0.15, -0.1) is 0 Å². The summed E-state index contributed by atoms with van der Waals surface area (Å²) in [6.45, 7) is 0. The third kappa shape index (κ3) is 5.20. The zero-order chi connectivity index (χ0) is 18.7. The Balaban J connectivity index is 0.00000261. The second-order valence-electron chi connectivity index (χ2n) is 7.19. The fourth-order valence-corrected chi connectivity index (χ4v) is 4.31. The number of carbonyl (C=O) groups excluding carboxylic acids is 2. The van der Waals surface area contributed by atoms with Crippen molar-refractivity contribution in [1.82, 2.24) is 10.6 Å². The van der Waals surface area contributed by atoms with Crippen molar-refractivity contribution in [3.63, 3.8) is 0 Å². The number of piperidine rings is 1. The van der Waals surface area contributed by atoms with Crippen LogP contribution in [0.3, 0.4) is 0 Å². The van der Waals surface area contributed by atoms with E-state index in [2.05, 4.69) is 10.6 Å². The number of nitrogens with one attached hydrogen (secondary N) is 2. The minimum atomic E-state index is -1.08. The van der Waals surface area contributed by atoms with Gasteiger partial charge in [0.2, 0.25) is 5.91 Å². The molecule has 2 fully saturated rings. The number of fused-ring (bicyclic) bond motifs is 1. The Morgan fingerprint density at radius 2 is 1.89 bits per heavy atom. The fourth-order valence-electron chi connectivity index (χ4n) is 4.18. The molecule has 1 saturated carbocycles. The summed E-state index contributed by atoms with van der Waals surface area (Å²) in [7, 11) is 0. The van der Waals surface area contributed by atoms with E-state index < -0.39 is 17.9 Å². The minimum Gasteiger partial charge on any atom is -0.480 e. The quantitative estimate of drug-likeness (QED) is 0.700. The number of halogens is 1. The highest BCUT2D eigenvalue weighted by molar-refractivity contribution is 6.30. The molecule has 4 unspecified atom stereocenters. The number of carbonyl (C=O) groups is 3. The summed E-state index contributed by atoms with van der Waals surface area (Å²) in [5.74, 6) is -1.29. The van der Waals surface area contributed by atoms with E-state index >= 15 is 0 Å². The Morgan fingerprint density at radius 3 is 2.56 bits per heavy atom. The Bertz CT molecular complexity index is 694. The molecule has 2 aliphatic rings. The molecule has 4 atom stereocenters. The predicted molar refractivity (Wildman–Crippen MR) is 101 cm³/mol. The van der Waals surface area contributed by atoms with Crippen LogP contribution < -0.4 is 10.6 Å². The Kier molecular flexibility index (Phi) is 7.21. The molecule has 1 heterocycles. The molecule has 3 rings (SSSR count). The lowest BCUT2D eigenvalue weighted by atomic mass is 9.70. The number of aliphatic carboxylic acids is 1. The molecule has 0 bridgehead atoms. The highest BCUT2D eigenvalue weighted by atomic mass is 35.5. The topological polar surface area (TPSA) is 127 Å². The number of rotatable bonds is 5. The maximum Gasteiger partial charge on any atom is 0.326 e. The molecule has 1 aromatic carbocycles. The molecule has 1 aromatic rings. The van der Waals surface area contributed by atoms with Crippen LogP contribution in [-0.4, -0.2) is 40.5 Å². The molecule has 148 valence electrons. The lowest BCUT2D eigenvalue weighted by molar-refractivity contribution is -0.140. The average molecular weight is 397 g/mol. The van der Waals surface area contributed by atoms with Crippen LogP contribution in [0.2, 0.25) is 5.02 Å². The summed E-state index contributed by atoms with van der Waals surface area (Å²) in [5, 5.41) is 15.7. The first-order valence-corrected chi connectivity index (χ1v) is 9.40. The summed E-state index contributed by atoms with van der Waals surface area (Å²) in [6, 6.07) is 5.41. The van der Waals surface area contributed by atoms with Gasteiger partial charge in [0.05, 0.1) is 0 Å². The van der Waals surface area contributed by atoms with Crippen LogP contribution in [0.25, 0.3) is 0 Å². The van der Waals surface area contributed by atoms with E-state index in [1.807, 2.05) is 0 Å². The maximum atomic E-state index is 12.4. The van der Waals surface area contributed by atoms with Gasteiger partial charge in [0.1, 0.15) is 6.04 Å². The van der Waals surface area contributed by atoms with Crippen molar-refractivity contribution in [2.24, 2.45) is 11.8 Å². The number of carboxylic acid groups (broad SMARTS) is 1. The molecule has 1 aliphatic carbocycles. The Labute approximate surface area is 162 Å². The number of carboxylic acids is 1. The third-order valence-electron chi connectivity index (χ3n) is 5.47. The van der Waals surface area contributed by atoms with Crippen molar-refractivity contribution < 1.29 is 25.0 Å². The lowest BCUT2D eigenvalue weighted by Gasteiger charge is -2.42. The van der Waals surface area contributed by atoms with E-state index in [1.165, 1.54) is 0 Å². The number of hydrogen-bond acceptors (Lipinski definition) is 3. The van der Waals surface area contributed by atoms with Gasteiger partial charge in [-0.3, -0.25) is 9.59 Å². The number of hydrogen-bond donors (Lipinski definition) is 3. The SMILES string of the molecule is O.O=C1CC(CC(NC(=O)c2ccc(Cl)cc2)C(=O)O)C2CCCCC2N1. The summed E-state index contributed by atoms with van der Waals surface area (Å²) < 4.78 is 0. The molecular weight excluding hydrogens is 372 g/mol. The molecule has 27 heavy (non-hydrogen) atoms. The highest BCUT2D eigenvalue weighted by Gasteiger charge is 2.40. The first-order chi connectivity index (χ1) is 12.4. The van der Waals surface area contributed by atoms with E-state index in [0.717, 1.165) is 25.7 Å². The molecule has 0 spiro atoms. The van der Waals surface area contributed by atoms with Crippen LogP contribution in [0.1, 0.15) is 48.9 Å². The van der Waals surface area contributed by atoms with E-state index in [4.69, 9.17) is 11.6 Å². The number of benzene rings is 1. The molecule has 0 radical (unpaired) electrons. The molecule has 7 nitrogen and oxygen atoms in total. The van der Waals surface area contributed by atoms with E-state index in [9.17, 15) is 19.5 Å². The summed E-state index contributed by atoms with van der Waals surface area (Å²) in [6.07, 6.45) is 4.71. The van der Waals surface area contributed by atoms with Gasteiger partial charge in [0.15, 0.2) is 0 Å². The molecule has 0 aromatic heterocycles. The van der Waals surface area contributed by atoms with E-state index in [1.54, 1.807) is 24.3 Å². The van der Waals surface area contributed by atoms with E-state index in [-0.39, 0.29) is 35.7 Å². The lowest BCUT2D eigenvalue weighted by Crippen LogP contribution is -2.52. The minimum absolute atomic E-state index is 0. The first-order valence-electron chi connectivity index (χ1n) is 9.02. The predicted octanol–water partition coefficient (Wildman–Crippen LogP) is 1.78. The largest absolute Gasteiger partial charge is 0.480 e.